The molecular formula is C16H24N6. The first-order valence-electron chi connectivity index (χ1n) is 7.60. The van der Waals surface area contributed by atoms with Gasteiger partial charge in [0.1, 0.15) is 0 Å². The van der Waals surface area contributed by atoms with Crippen LogP contribution in [0.3, 0.4) is 0 Å². The van der Waals surface area contributed by atoms with Crippen molar-refractivity contribution in [2.75, 3.05) is 16.0 Å². The SMILES string of the molecule is CC(C)Nc1nc(NCc2ccccc2)nc(NC(C)C)n1. The summed E-state index contributed by atoms with van der Waals surface area (Å²) in [4.78, 5) is 13.2. The van der Waals surface area contributed by atoms with Crippen LogP contribution in [0.15, 0.2) is 30.3 Å². The molecule has 0 saturated carbocycles. The van der Waals surface area contributed by atoms with Gasteiger partial charge in [-0.05, 0) is 33.3 Å². The van der Waals surface area contributed by atoms with Crippen LogP contribution in [0.5, 0.6) is 0 Å². The van der Waals surface area contributed by atoms with Crippen molar-refractivity contribution in [2.45, 2.75) is 46.3 Å². The van der Waals surface area contributed by atoms with Crippen LogP contribution in [-0.4, -0.2) is 27.0 Å². The van der Waals surface area contributed by atoms with Crippen molar-refractivity contribution in [2.24, 2.45) is 0 Å². The smallest absolute Gasteiger partial charge is 0.229 e. The Hall–Kier alpha value is -2.37. The maximum Gasteiger partial charge on any atom is 0.229 e. The van der Waals surface area contributed by atoms with Gasteiger partial charge >= 0.3 is 0 Å². The van der Waals surface area contributed by atoms with Gasteiger partial charge in [-0.25, -0.2) is 0 Å². The monoisotopic (exact) mass is 300 g/mol. The molecule has 6 nitrogen and oxygen atoms in total. The molecule has 0 radical (unpaired) electrons. The van der Waals surface area contributed by atoms with E-state index < -0.39 is 0 Å². The molecule has 2 aromatic rings. The van der Waals surface area contributed by atoms with Crippen molar-refractivity contribution < 1.29 is 0 Å². The summed E-state index contributed by atoms with van der Waals surface area (Å²) < 4.78 is 0. The lowest BCUT2D eigenvalue weighted by molar-refractivity contribution is 0.843. The fourth-order valence-electron chi connectivity index (χ4n) is 1.88. The minimum absolute atomic E-state index is 0.260. The van der Waals surface area contributed by atoms with E-state index in [-0.39, 0.29) is 12.1 Å². The van der Waals surface area contributed by atoms with Gasteiger partial charge in [-0.3, -0.25) is 0 Å². The second-order valence-electron chi connectivity index (χ2n) is 5.74. The Bertz CT molecular complexity index is 554. The molecule has 0 aliphatic rings. The number of hydrogen-bond donors (Lipinski definition) is 3. The predicted octanol–water partition coefficient (Wildman–Crippen LogP) is 3.12. The molecule has 0 aliphatic carbocycles. The summed E-state index contributed by atoms with van der Waals surface area (Å²) in [5.74, 6) is 1.71. The summed E-state index contributed by atoms with van der Waals surface area (Å²) >= 11 is 0. The first-order chi connectivity index (χ1) is 10.5. The van der Waals surface area contributed by atoms with E-state index in [0.29, 0.717) is 24.4 Å². The van der Waals surface area contributed by atoms with Gasteiger partial charge in [-0.1, -0.05) is 30.3 Å². The highest BCUT2D eigenvalue weighted by Gasteiger charge is 2.08. The Balaban J connectivity index is 2.13. The average molecular weight is 300 g/mol. The third-order valence-corrected chi connectivity index (χ3v) is 2.76. The molecule has 3 N–H and O–H groups in total. The van der Waals surface area contributed by atoms with E-state index in [2.05, 4.69) is 70.7 Å². The second-order valence-corrected chi connectivity index (χ2v) is 5.74. The molecule has 0 saturated heterocycles. The van der Waals surface area contributed by atoms with Crippen LogP contribution in [-0.2, 0) is 6.54 Å². The minimum Gasteiger partial charge on any atom is -0.352 e. The van der Waals surface area contributed by atoms with Crippen LogP contribution in [0.4, 0.5) is 17.8 Å². The Morgan fingerprint density at radius 3 is 1.77 bits per heavy atom. The molecular weight excluding hydrogens is 276 g/mol. The lowest BCUT2D eigenvalue weighted by Gasteiger charge is -2.14. The van der Waals surface area contributed by atoms with Gasteiger partial charge in [-0.15, -0.1) is 0 Å². The minimum atomic E-state index is 0.260. The number of aromatic nitrogens is 3. The molecule has 6 heteroatoms. The Kier molecular flexibility index (Phi) is 5.52. The molecule has 0 fully saturated rings. The summed E-state index contributed by atoms with van der Waals surface area (Å²) in [5.41, 5.74) is 1.18. The Morgan fingerprint density at radius 1 is 0.773 bits per heavy atom. The summed E-state index contributed by atoms with van der Waals surface area (Å²) in [7, 11) is 0. The number of nitrogens with one attached hydrogen (secondary N) is 3. The highest BCUT2D eigenvalue weighted by Crippen LogP contribution is 2.12. The standard InChI is InChI=1S/C16H24N6/c1-11(2)18-15-20-14(21-16(22-15)19-12(3)4)17-10-13-8-6-5-7-9-13/h5-9,11-12H,10H2,1-4H3,(H3,17,18,19,20,21,22). The number of hydrogen-bond acceptors (Lipinski definition) is 6. The van der Waals surface area contributed by atoms with Crippen LogP contribution in [0.2, 0.25) is 0 Å². The fourth-order valence-corrected chi connectivity index (χ4v) is 1.88. The van der Waals surface area contributed by atoms with Crippen LogP contribution < -0.4 is 16.0 Å². The van der Waals surface area contributed by atoms with Crippen molar-refractivity contribution in [1.29, 1.82) is 0 Å². The van der Waals surface area contributed by atoms with E-state index in [1.165, 1.54) is 5.56 Å². The first kappa shape index (κ1) is 16.0. The van der Waals surface area contributed by atoms with Crippen LogP contribution in [0.1, 0.15) is 33.3 Å². The van der Waals surface area contributed by atoms with E-state index in [0.717, 1.165) is 0 Å². The number of anilines is 3. The number of nitrogens with zero attached hydrogens (tertiary/aromatic N) is 3. The van der Waals surface area contributed by atoms with Gasteiger partial charge < -0.3 is 16.0 Å². The lowest BCUT2D eigenvalue weighted by Crippen LogP contribution is -2.18. The molecule has 0 amide bonds. The normalized spacial score (nSPS) is 10.8. The van der Waals surface area contributed by atoms with Gasteiger partial charge in [0.15, 0.2) is 0 Å². The molecule has 0 bridgehead atoms. The van der Waals surface area contributed by atoms with Crippen molar-refractivity contribution >= 4 is 17.8 Å². The van der Waals surface area contributed by atoms with E-state index in [1.54, 1.807) is 0 Å². The number of benzene rings is 1. The zero-order valence-electron chi connectivity index (χ0n) is 13.6. The quantitative estimate of drug-likeness (QED) is 0.729. The zero-order chi connectivity index (χ0) is 15.9. The van der Waals surface area contributed by atoms with E-state index in [9.17, 15) is 0 Å². The number of rotatable bonds is 7. The van der Waals surface area contributed by atoms with Crippen molar-refractivity contribution in [3.63, 3.8) is 0 Å². The summed E-state index contributed by atoms with van der Waals surface area (Å²) in [5, 5.41) is 9.68. The maximum atomic E-state index is 4.41. The second kappa shape index (κ2) is 7.59. The lowest BCUT2D eigenvalue weighted by atomic mass is 10.2. The van der Waals surface area contributed by atoms with Crippen LogP contribution >= 0.6 is 0 Å². The van der Waals surface area contributed by atoms with E-state index in [1.807, 2.05) is 18.2 Å². The first-order valence-corrected chi connectivity index (χ1v) is 7.60. The molecule has 1 aromatic carbocycles. The van der Waals surface area contributed by atoms with E-state index in [4.69, 9.17) is 0 Å². The van der Waals surface area contributed by atoms with E-state index >= 15 is 0 Å². The van der Waals surface area contributed by atoms with Crippen molar-refractivity contribution in [3.8, 4) is 0 Å². The van der Waals surface area contributed by atoms with Crippen molar-refractivity contribution in [1.82, 2.24) is 15.0 Å². The zero-order valence-corrected chi connectivity index (χ0v) is 13.6. The molecule has 2 rings (SSSR count). The molecule has 1 heterocycles. The van der Waals surface area contributed by atoms with Crippen LogP contribution in [0.25, 0.3) is 0 Å². The van der Waals surface area contributed by atoms with Crippen LogP contribution in [0, 0.1) is 0 Å². The average Bonchev–Trinajstić information content (AvgIpc) is 2.44. The third kappa shape index (κ3) is 5.20. The molecule has 0 aliphatic heterocycles. The van der Waals surface area contributed by atoms with Gasteiger partial charge in [-0.2, -0.15) is 15.0 Å². The highest BCUT2D eigenvalue weighted by molar-refractivity contribution is 5.43. The molecule has 0 spiro atoms. The Labute approximate surface area is 131 Å². The topological polar surface area (TPSA) is 74.8 Å². The summed E-state index contributed by atoms with van der Waals surface area (Å²) in [6.45, 7) is 8.88. The molecule has 0 unspecified atom stereocenters. The highest BCUT2D eigenvalue weighted by atomic mass is 15.3. The summed E-state index contributed by atoms with van der Waals surface area (Å²) in [6.07, 6.45) is 0. The molecule has 1 aromatic heterocycles. The Morgan fingerprint density at radius 2 is 1.27 bits per heavy atom. The predicted molar refractivity (Wildman–Crippen MR) is 91.1 cm³/mol. The molecule has 118 valence electrons. The fraction of sp³-hybridized carbons (Fsp3) is 0.438. The van der Waals surface area contributed by atoms with Crippen molar-refractivity contribution in [3.05, 3.63) is 35.9 Å². The maximum absolute atomic E-state index is 4.41. The van der Waals surface area contributed by atoms with Gasteiger partial charge in [0.25, 0.3) is 0 Å². The molecule has 0 atom stereocenters. The van der Waals surface area contributed by atoms with Gasteiger partial charge in [0.2, 0.25) is 17.8 Å². The molecule has 22 heavy (non-hydrogen) atoms. The summed E-state index contributed by atoms with van der Waals surface area (Å²) in [6, 6.07) is 10.7. The van der Waals surface area contributed by atoms with Gasteiger partial charge in [0.05, 0.1) is 0 Å². The third-order valence-electron chi connectivity index (χ3n) is 2.76. The van der Waals surface area contributed by atoms with Gasteiger partial charge in [0, 0.05) is 18.6 Å². The largest absolute Gasteiger partial charge is 0.352 e.